The Hall–Kier alpha value is -2.24. The number of carbonyl (C=O) groups is 1. The van der Waals surface area contributed by atoms with Crippen LogP contribution in [0.3, 0.4) is 0 Å². The fourth-order valence-electron chi connectivity index (χ4n) is 1.34. The largest absolute Gasteiger partial charge is 0.337 e. The Morgan fingerprint density at radius 3 is 2.75 bits per heavy atom. The lowest BCUT2D eigenvalue weighted by atomic mass is 10.2. The van der Waals surface area contributed by atoms with Gasteiger partial charge in [0.25, 0.3) is 5.91 Å². The van der Waals surface area contributed by atoms with Gasteiger partial charge in [0.15, 0.2) is 0 Å². The lowest BCUT2D eigenvalue weighted by Gasteiger charge is -2.15. The molecular formula is C10H11N5O. The Morgan fingerprint density at radius 2 is 2.12 bits per heavy atom. The van der Waals surface area contributed by atoms with Gasteiger partial charge in [0.05, 0.1) is 11.8 Å². The number of hydrogen-bond acceptors (Lipinski definition) is 4. The third-order valence-electron chi connectivity index (χ3n) is 2.13. The zero-order valence-corrected chi connectivity index (χ0v) is 8.79. The summed E-state index contributed by atoms with van der Waals surface area (Å²) in [5, 5.41) is 6.52. The van der Waals surface area contributed by atoms with Crippen molar-refractivity contribution < 1.29 is 4.79 Å². The van der Waals surface area contributed by atoms with E-state index in [0.29, 0.717) is 12.1 Å². The molecule has 0 aliphatic heterocycles. The molecule has 1 N–H and O–H groups in total. The fourth-order valence-corrected chi connectivity index (χ4v) is 1.34. The normalized spacial score (nSPS) is 10.1. The van der Waals surface area contributed by atoms with E-state index < -0.39 is 0 Å². The highest BCUT2D eigenvalue weighted by Crippen LogP contribution is 2.04. The minimum atomic E-state index is -0.109. The van der Waals surface area contributed by atoms with Gasteiger partial charge in [-0.3, -0.25) is 9.89 Å². The maximum atomic E-state index is 11.9. The molecule has 6 nitrogen and oxygen atoms in total. The Morgan fingerprint density at radius 1 is 1.38 bits per heavy atom. The molecule has 2 heterocycles. The van der Waals surface area contributed by atoms with Gasteiger partial charge in [0.2, 0.25) is 0 Å². The van der Waals surface area contributed by atoms with Crippen molar-refractivity contribution in [3.05, 3.63) is 42.2 Å². The van der Waals surface area contributed by atoms with Crippen molar-refractivity contribution in [1.29, 1.82) is 0 Å². The van der Waals surface area contributed by atoms with Crippen LogP contribution in [-0.2, 0) is 6.54 Å². The van der Waals surface area contributed by atoms with Crippen molar-refractivity contribution >= 4 is 5.91 Å². The minimum absolute atomic E-state index is 0.109. The monoisotopic (exact) mass is 217 g/mol. The van der Waals surface area contributed by atoms with Crippen molar-refractivity contribution in [2.24, 2.45) is 0 Å². The summed E-state index contributed by atoms with van der Waals surface area (Å²) in [5.74, 6) is -0.109. The highest BCUT2D eigenvalue weighted by Gasteiger charge is 2.12. The van der Waals surface area contributed by atoms with E-state index in [0.717, 1.165) is 5.56 Å². The summed E-state index contributed by atoms with van der Waals surface area (Å²) in [7, 11) is 1.72. The number of aromatic amines is 1. The molecule has 0 unspecified atom stereocenters. The van der Waals surface area contributed by atoms with Crippen molar-refractivity contribution in [2.45, 2.75) is 6.54 Å². The molecule has 6 heteroatoms. The van der Waals surface area contributed by atoms with E-state index in [9.17, 15) is 4.79 Å². The molecule has 0 spiro atoms. The van der Waals surface area contributed by atoms with Crippen LogP contribution in [0.25, 0.3) is 0 Å². The molecule has 2 aromatic rings. The Labute approximate surface area is 92.3 Å². The fraction of sp³-hybridized carbons (Fsp3) is 0.200. The first-order valence-corrected chi connectivity index (χ1v) is 4.75. The summed E-state index contributed by atoms with van der Waals surface area (Å²) in [4.78, 5) is 21.1. The molecule has 16 heavy (non-hydrogen) atoms. The molecular weight excluding hydrogens is 206 g/mol. The number of rotatable bonds is 3. The molecule has 2 aromatic heterocycles. The molecule has 0 atom stereocenters. The second kappa shape index (κ2) is 4.52. The van der Waals surface area contributed by atoms with E-state index in [4.69, 9.17) is 0 Å². The van der Waals surface area contributed by atoms with Crippen LogP contribution >= 0.6 is 0 Å². The standard InChI is InChI=1S/C10H11N5O/c1-15(6-8-2-13-14-3-8)10(16)9-4-11-7-12-5-9/h2-5,7H,6H2,1H3,(H,13,14). The van der Waals surface area contributed by atoms with Gasteiger partial charge in [-0.15, -0.1) is 0 Å². The van der Waals surface area contributed by atoms with Crippen molar-refractivity contribution in [3.8, 4) is 0 Å². The maximum absolute atomic E-state index is 11.9. The molecule has 0 fully saturated rings. The van der Waals surface area contributed by atoms with Crippen LogP contribution in [0, 0.1) is 0 Å². The van der Waals surface area contributed by atoms with Crippen LogP contribution in [0.15, 0.2) is 31.1 Å². The van der Waals surface area contributed by atoms with Crippen LogP contribution < -0.4 is 0 Å². The lowest BCUT2D eigenvalue weighted by Crippen LogP contribution is -2.26. The number of amides is 1. The van der Waals surface area contributed by atoms with E-state index in [2.05, 4.69) is 20.2 Å². The molecule has 0 saturated heterocycles. The second-order valence-electron chi connectivity index (χ2n) is 3.39. The molecule has 2 rings (SSSR count). The predicted octanol–water partition coefficient (Wildman–Crippen LogP) is 0.472. The zero-order chi connectivity index (χ0) is 11.4. The van der Waals surface area contributed by atoms with Gasteiger partial charge < -0.3 is 4.90 Å². The van der Waals surface area contributed by atoms with E-state index >= 15 is 0 Å². The first-order chi connectivity index (χ1) is 7.77. The number of H-pyrrole nitrogens is 1. The number of hydrogen-bond donors (Lipinski definition) is 1. The SMILES string of the molecule is CN(Cc1cn[nH]c1)C(=O)c1cncnc1. The van der Waals surface area contributed by atoms with Crippen LogP contribution in [0.2, 0.25) is 0 Å². The molecule has 82 valence electrons. The molecule has 0 aromatic carbocycles. The van der Waals surface area contributed by atoms with Crippen molar-refractivity contribution in [1.82, 2.24) is 25.1 Å². The highest BCUT2D eigenvalue weighted by molar-refractivity contribution is 5.93. The maximum Gasteiger partial charge on any atom is 0.257 e. The van der Waals surface area contributed by atoms with Gasteiger partial charge >= 0.3 is 0 Å². The molecule has 0 aliphatic rings. The van der Waals surface area contributed by atoms with E-state index in [-0.39, 0.29) is 5.91 Å². The number of nitrogens with zero attached hydrogens (tertiary/aromatic N) is 4. The third-order valence-corrected chi connectivity index (χ3v) is 2.13. The Bertz CT molecular complexity index is 453. The van der Waals surface area contributed by atoms with Crippen molar-refractivity contribution in [3.63, 3.8) is 0 Å². The Balaban J connectivity index is 2.05. The van der Waals surface area contributed by atoms with E-state index in [1.165, 1.54) is 18.7 Å². The first-order valence-electron chi connectivity index (χ1n) is 4.75. The molecule has 0 bridgehead atoms. The number of carbonyl (C=O) groups excluding carboxylic acids is 1. The molecule has 0 saturated carbocycles. The third kappa shape index (κ3) is 2.22. The average Bonchev–Trinajstić information content (AvgIpc) is 2.82. The summed E-state index contributed by atoms with van der Waals surface area (Å²) in [6.07, 6.45) is 7.84. The first kappa shape index (κ1) is 10.3. The van der Waals surface area contributed by atoms with Gasteiger partial charge in [-0.2, -0.15) is 5.10 Å². The number of nitrogens with one attached hydrogen (secondary N) is 1. The van der Waals surface area contributed by atoms with E-state index in [1.54, 1.807) is 24.3 Å². The summed E-state index contributed by atoms with van der Waals surface area (Å²) < 4.78 is 0. The predicted molar refractivity (Wildman–Crippen MR) is 56.4 cm³/mol. The van der Waals surface area contributed by atoms with Crippen LogP contribution in [0.1, 0.15) is 15.9 Å². The van der Waals surface area contributed by atoms with Crippen LogP contribution in [0.4, 0.5) is 0 Å². The smallest absolute Gasteiger partial charge is 0.257 e. The van der Waals surface area contributed by atoms with Gasteiger partial charge in [-0.05, 0) is 0 Å². The summed E-state index contributed by atoms with van der Waals surface area (Å²) >= 11 is 0. The lowest BCUT2D eigenvalue weighted by molar-refractivity contribution is 0.0784. The molecule has 1 amide bonds. The minimum Gasteiger partial charge on any atom is -0.337 e. The van der Waals surface area contributed by atoms with Crippen molar-refractivity contribution in [2.75, 3.05) is 7.05 Å². The quantitative estimate of drug-likeness (QED) is 0.811. The summed E-state index contributed by atoms with van der Waals surface area (Å²) in [5.41, 5.74) is 1.43. The zero-order valence-electron chi connectivity index (χ0n) is 8.79. The van der Waals surface area contributed by atoms with Gasteiger partial charge in [0.1, 0.15) is 6.33 Å². The highest BCUT2D eigenvalue weighted by atomic mass is 16.2. The van der Waals surface area contributed by atoms with Gasteiger partial charge in [-0.25, -0.2) is 9.97 Å². The average molecular weight is 217 g/mol. The summed E-state index contributed by atoms with van der Waals surface area (Å²) in [6.45, 7) is 0.504. The second-order valence-corrected chi connectivity index (χ2v) is 3.39. The Kier molecular flexibility index (Phi) is 2.90. The molecule has 0 aliphatic carbocycles. The topological polar surface area (TPSA) is 74.8 Å². The van der Waals surface area contributed by atoms with Gasteiger partial charge in [0, 0.05) is 37.7 Å². The summed E-state index contributed by atoms with van der Waals surface area (Å²) in [6, 6.07) is 0. The van der Waals surface area contributed by atoms with Gasteiger partial charge in [-0.1, -0.05) is 0 Å². The van der Waals surface area contributed by atoms with Crippen LogP contribution in [-0.4, -0.2) is 38.0 Å². The van der Waals surface area contributed by atoms with Crippen LogP contribution in [0.5, 0.6) is 0 Å². The molecule has 0 radical (unpaired) electrons. The van der Waals surface area contributed by atoms with E-state index in [1.807, 2.05) is 0 Å². The number of aromatic nitrogens is 4.